The van der Waals surface area contributed by atoms with Gasteiger partial charge in [-0.25, -0.2) is 13.4 Å². The molecule has 2 heterocycles. The van der Waals surface area contributed by atoms with Crippen LogP contribution in [-0.2, 0) is 24.4 Å². The molecule has 11 nitrogen and oxygen atoms in total. The number of methoxy groups -OCH3 is 1. The maximum absolute atomic E-state index is 14.3. The zero-order valence-electron chi connectivity index (χ0n) is 27.3. The maximum Gasteiger partial charge on any atom is 0.273 e. The third-order valence-corrected chi connectivity index (χ3v) is 11.0. The minimum atomic E-state index is -4.76. The van der Waals surface area contributed by atoms with E-state index in [4.69, 9.17) is 20.2 Å². The second-order valence-electron chi connectivity index (χ2n) is 12.4. The summed E-state index contributed by atoms with van der Waals surface area (Å²) in [6, 6.07) is 21.5. The van der Waals surface area contributed by atoms with Crippen LogP contribution in [0, 0.1) is 5.41 Å². The molecule has 2 amide bonds. The highest BCUT2D eigenvalue weighted by Crippen LogP contribution is 2.58. The van der Waals surface area contributed by atoms with Gasteiger partial charge in [-0.15, -0.1) is 6.58 Å². The van der Waals surface area contributed by atoms with Gasteiger partial charge in [0, 0.05) is 29.5 Å². The summed E-state index contributed by atoms with van der Waals surface area (Å²) in [5.74, 6) is -1.23. The van der Waals surface area contributed by atoms with E-state index in [9.17, 15) is 22.8 Å². The van der Waals surface area contributed by atoms with Crippen LogP contribution in [0.15, 0.2) is 96.4 Å². The van der Waals surface area contributed by atoms with Gasteiger partial charge >= 0.3 is 0 Å². The third kappa shape index (κ3) is 6.00. The molecule has 1 aliphatic carbocycles. The number of aromatic nitrogens is 1. The molecule has 1 aromatic heterocycles. The number of hydrogen-bond donors (Lipinski definition) is 2. The number of ether oxygens (including phenoxy) is 2. The number of benzene rings is 3. The molecule has 1 unspecified atom stereocenters. The van der Waals surface area contributed by atoms with E-state index in [1.807, 2.05) is 36.4 Å². The van der Waals surface area contributed by atoms with Crippen molar-refractivity contribution in [2.45, 2.75) is 55.5 Å². The van der Waals surface area contributed by atoms with E-state index in [1.54, 1.807) is 32.2 Å². The number of hydrogen-bond acceptors (Lipinski definition) is 10. The predicted molar refractivity (Wildman–Crippen MR) is 184 cm³/mol. The fourth-order valence-corrected chi connectivity index (χ4v) is 7.87. The number of rotatable bonds is 12. The molecule has 0 bridgehead atoms. The third-order valence-electron chi connectivity index (χ3n) is 9.27. The molecule has 4 aromatic rings. The van der Waals surface area contributed by atoms with Crippen molar-refractivity contribution < 1.29 is 32.3 Å². The van der Waals surface area contributed by atoms with Gasteiger partial charge < -0.3 is 20.5 Å². The Morgan fingerprint density at radius 1 is 1.06 bits per heavy atom. The summed E-state index contributed by atoms with van der Waals surface area (Å²) in [6.07, 6.45) is 2.39. The minimum Gasteiger partial charge on any atom is -0.497 e. The van der Waals surface area contributed by atoms with Gasteiger partial charge in [0.1, 0.15) is 22.7 Å². The molecular formula is C37H38N4O7S. The summed E-state index contributed by atoms with van der Waals surface area (Å²) < 4.78 is 40.2. The van der Waals surface area contributed by atoms with Gasteiger partial charge in [-0.1, -0.05) is 43.3 Å². The Hall–Kier alpha value is -4.91. The summed E-state index contributed by atoms with van der Waals surface area (Å²) in [4.78, 5) is 46.0. The average Bonchev–Trinajstić information content (AvgIpc) is 3.42. The molecule has 2 aliphatic rings. The van der Waals surface area contributed by atoms with Gasteiger partial charge in [-0.3, -0.25) is 14.4 Å². The molecule has 3 N–H and O–H groups in total. The van der Waals surface area contributed by atoms with Crippen LogP contribution in [0.4, 0.5) is 0 Å². The zero-order chi connectivity index (χ0) is 35.0. The van der Waals surface area contributed by atoms with Gasteiger partial charge in [0.25, 0.3) is 15.9 Å². The highest BCUT2D eigenvalue weighted by molar-refractivity contribution is 7.90. The Bertz CT molecular complexity index is 2050. The second-order valence-corrected chi connectivity index (χ2v) is 14.2. The molecule has 49 heavy (non-hydrogen) atoms. The molecule has 1 aliphatic heterocycles. The van der Waals surface area contributed by atoms with Gasteiger partial charge in [-0.2, -0.15) is 4.31 Å². The van der Waals surface area contributed by atoms with Crippen LogP contribution >= 0.6 is 0 Å². The van der Waals surface area contributed by atoms with Gasteiger partial charge in [0.2, 0.25) is 5.91 Å². The number of carbonyl (C=O) groups excluding carboxylic acids is 3. The van der Waals surface area contributed by atoms with Gasteiger partial charge in [0.05, 0.1) is 34.8 Å². The summed E-state index contributed by atoms with van der Waals surface area (Å²) in [6.45, 7) is 5.98. The van der Waals surface area contributed by atoms with Crippen LogP contribution in [0.1, 0.15) is 39.0 Å². The lowest BCUT2D eigenvalue weighted by Gasteiger charge is -2.28. The van der Waals surface area contributed by atoms with Crippen molar-refractivity contribution in [1.82, 2.24) is 14.6 Å². The van der Waals surface area contributed by atoms with Crippen LogP contribution in [0.5, 0.6) is 17.2 Å². The monoisotopic (exact) mass is 682 g/mol. The molecule has 3 aromatic carbocycles. The quantitative estimate of drug-likeness (QED) is 0.151. The number of nitrogens with one attached hydrogen (secondary N) is 1. The molecule has 6 rings (SSSR count). The Morgan fingerprint density at radius 2 is 1.78 bits per heavy atom. The first kappa shape index (κ1) is 34.0. The Labute approximate surface area is 285 Å². The van der Waals surface area contributed by atoms with Crippen molar-refractivity contribution >= 4 is 38.5 Å². The predicted octanol–water partition coefficient (Wildman–Crippen LogP) is 5.14. The number of nitrogens with zero attached hydrogens (tertiary/aromatic N) is 2. The molecule has 0 radical (unpaired) electrons. The number of carbonyl (C=O) groups is 3. The lowest BCUT2D eigenvalue weighted by atomic mass is 9.88. The molecule has 1 saturated heterocycles. The first-order valence-electron chi connectivity index (χ1n) is 16.1. The van der Waals surface area contributed by atoms with E-state index in [0.29, 0.717) is 53.2 Å². The van der Waals surface area contributed by atoms with Gasteiger partial charge in [0.15, 0.2) is 5.78 Å². The Morgan fingerprint density at radius 3 is 2.39 bits per heavy atom. The fourth-order valence-electron chi connectivity index (χ4n) is 6.45. The van der Waals surface area contributed by atoms with Crippen molar-refractivity contribution in [3.8, 4) is 28.5 Å². The Balaban J connectivity index is 1.35. The number of pyridine rings is 1. The topological polar surface area (TPSA) is 158 Å². The molecule has 12 heteroatoms. The number of nitrogens with two attached hydrogens (primary N) is 1. The summed E-state index contributed by atoms with van der Waals surface area (Å²) in [5, 5.41) is 3.77. The molecule has 0 spiro atoms. The molecule has 3 atom stereocenters. The van der Waals surface area contributed by atoms with Crippen molar-refractivity contribution in [2.75, 3.05) is 13.7 Å². The van der Waals surface area contributed by atoms with Crippen molar-refractivity contribution in [3.05, 3.63) is 91.5 Å². The van der Waals surface area contributed by atoms with Crippen molar-refractivity contribution in [3.63, 3.8) is 0 Å². The van der Waals surface area contributed by atoms with Crippen LogP contribution in [0.25, 0.3) is 22.2 Å². The SMILES string of the molecule is C=C[C@@]1(N)C[C@@]1(C(=O)C1CCCN1)C(=O)N(C(=O)CCC)S(=O)(=O)c1ccc(Oc2cc(-c3ccccc3)nc3cc(OC)ccc23)cc1. The standard InChI is InChI=1S/C37H38N4O7S/c1-4-10-33(42)41(35(44)37(23-36(37,38)5-2)34(43)29-13-9-20-39-29)49(45,46)27-17-14-25(15-18-27)48-32-22-30(24-11-7-6-8-12-24)40-31-21-26(47-3)16-19-28(31)32/h5-8,11-12,14-19,21-22,29,39H,2,4,9-10,13,20,23,38H2,1,3H3/t29?,36-,37-/m1/s1. The summed E-state index contributed by atoms with van der Waals surface area (Å²) in [7, 11) is -3.19. The number of Topliss-reactive ketones (excluding diaryl/α,β-unsaturated/α-hetero) is 1. The van der Waals surface area contributed by atoms with E-state index in [-0.39, 0.29) is 28.5 Å². The van der Waals surface area contributed by atoms with E-state index in [0.717, 1.165) is 5.56 Å². The van der Waals surface area contributed by atoms with Crippen LogP contribution in [-0.4, -0.2) is 60.5 Å². The number of imide groups is 1. The highest BCUT2D eigenvalue weighted by atomic mass is 32.2. The number of fused-ring (bicyclic) bond motifs is 1. The largest absolute Gasteiger partial charge is 0.497 e. The summed E-state index contributed by atoms with van der Waals surface area (Å²) in [5.41, 5.74) is 5.17. The smallest absolute Gasteiger partial charge is 0.273 e. The Kier molecular flexibility index (Phi) is 9.14. The number of ketones is 1. The molecule has 254 valence electrons. The average molecular weight is 683 g/mol. The first-order chi connectivity index (χ1) is 23.5. The van der Waals surface area contributed by atoms with Gasteiger partial charge in [-0.05, 0) is 68.6 Å². The van der Waals surface area contributed by atoms with E-state index in [1.165, 1.54) is 30.3 Å². The van der Waals surface area contributed by atoms with Crippen LogP contribution in [0.2, 0.25) is 0 Å². The van der Waals surface area contributed by atoms with E-state index in [2.05, 4.69) is 11.9 Å². The lowest BCUT2D eigenvalue weighted by Crippen LogP contribution is -2.54. The number of amides is 2. The van der Waals surface area contributed by atoms with Crippen molar-refractivity contribution in [2.24, 2.45) is 11.1 Å². The maximum atomic E-state index is 14.3. The number of sulfonamides is 1. The minimum absolute atomic E-state index is 0.145. The van der Waals surface area contributed by atoms with Crippen molar-refractivity contribution in [1.29, 1.82) is 0 Å². The summed E-state index contributed by atoms with van der Waals surface area (Å²) >= 11 is 0. The molecule has 2 fully saturated rings. The lowest BCUT2D eigenvalue weighted by molar-refractivity contribution is -0.146. The van der Waals surface area contributed by atoms with E-state index < -0.39 is 44.6 Å². The molecular weight excluding hydrogens is 644 g/mol. The second kappa shape index (κ2) is 13.2. The van der Waals surface area contributed by atoms with Crippen LogP contribution in [0.3, 0.4) is 0 Å². The van der Waals surface area contributed by atoms with Crippen LogP contribution < -0.4 is 20.5 Å². The highest BCUT2D eigenvalue weighted by Gasteiger charge is 2.76. The fraction of sp³-hybridized carbons (Fsp3) is 0.297. The van der Waals surface area contributed by atoms with E-state index >= 15 is 0 Å². The first-order valence-corrected chi connectivity index (χ1v) is 17.6. The molecule has 1 saturated carbocycles. The normalized spacial score (nSPS) is 21.6. The zero-order valence-corrected chi connectivity index (χ0v) is 28.2.